The summed E-state index contributed by atoms with van der Waals surface area (Å²) < 4.78 is 38.8. The summed E-state index contributed by atoms with van der Waals surface area (Å²) in [6, 6.07) is 10.9. The smallest absolute Gasteiger partial charge is 0.416 e. The van der Waals surface area contributed by atoms with Crippen LogP contribution >= 0.6 is 24.0 Å². The Bertz CT molecular complexity index is 907. The fraction of sp³-hybridized carbons (Fsp3) is 0.364. The fourth-order valence-electron chi connectivity index (χ4n) is 2.81. The van der Waals surface area contributed by atoms with Gasteiger partial charge in [0, 0.05) is 25.2 Å². The third-order valence-corrected chi connectivity index (χ3v) is 4.41. The molecule has 2 aromatic carbocycles. The molecule has 0 aromatic heterocycles. The van der Waals surface area contributed by atoms with E-state index in [0.29, 0.717) is 43.1 Å². The lowest BCUT2D eigenvalue weighted by Gasteiger charge is -2.19. The molecule has 176 valence electrons. The van der Waals surface area contributed by atoms with Crippen molar-refractivity contribution in [2.45, 2.75) is 32.5 Å². The molecule has 0 heterocycles. The number of amides is 1. The van der Waals surface area contributed by atoms with Gasteiger partial charge in [-0.2, -0.15) is 13.2 Å². The van der Waals surface area contributed by atoms with E-state index in [-0.39, 0.29) is 41.7 Å². The first-order chi connectivity index (χ1) is 14.7. The largest absolute Gasteiger partial charge is 0.508 e. The molecule has 0 spiro atoms. The van der Waals surface area contributed by atoms with Crippen molar-refractivity contribution in [1.82, 2.24) is 16.0 Å². The zero-order chi connectivity index (χ0) is 22.9. The summed E-state index contributed by atoms with van der Waals surface area (Å²) in [7, 11) is 0. The molecule has 0 saturated carbocycles. The van der Waals surface area contributed by atoms with Gasteiger partial charge < -0.3 is 21.1 Å². The highest BCUT2D eigenvalue weighted by Gasteiger charge is 2.30. The third kappa shape index (κ3) is 8.93. The Morgan fingerprint density at radius 1 is 1.12 bits per heavy atom. The van der Waals surface area contributed by atoms with E-state index in [2.05, 4.69) is 20.9 Å². The summed E-state index contributed by atoms with van der Waals surface area (Å²) in [6.45, 7) is 5.04. The highest BCUT2D eigenvalue weighted by atomic mass is 127. The van der Waals surface area contributed by atoms with Gasteiger partial charge in [-0.05, 0) is 56.2 Å². The molecule has 32 heavy (non-hydrogen) atoms. The maximum absolute atomic E-state index is 12.9. The van der Waals surface area contributed by atoms with Gasteiger partial charge in [-0.3, -0.25) is 9.79 Å². The predicted molar refractivity (Wildman–Crippen MR) is 129 cm³/mol. The molecule has 0 fully saturated rings. The van der Waals surface area contributed by atoms with Crippen LogP contribution in [0.2, 0.25) is 0 Å². The van der Waals surface area contributed by atoms with Crippen LogP contribution in [0.1, 0.15) is 47.8 Å². The number of nitrogens with one attached hydrogen (secondary N) is 3. The Morgan fingerprint density at radius 3 is 2.50 bits per heavy atom. The van der Waals surface area contributed by atoms with Gasteiger partial charge >= 0.3 is 6.18 Å². The van der Waals surface area contributed by atoms with Gasteiger partial charge in [0.05, 0.1) is 11.6 Å². The number of carbonyl (C=O) groups is 1. The number of aliphatic imine (C=N–C) groups is 1. The number of halogens is 4. The second kappa shape index (κ2) is 13.1. The second-order valence-electron chi connectivity index (χ2n) is 6.91. The molecule has 1 atom stereocenters. The van der Waals surface area contributed by atoms with Crippen molar-refractivity contribution in [1.29, 1.82) is 0 Å². The lowest BCUT2D eigenvalue weighted by atomic mass is 10.1. The maximum atomic E-state index is 12.9. The monoisotopic (exact) mass is 564 g/mol. The zero-order valence-corrected chi connectivity index (χ0v) is 20.2. The quantitative estimate of drug-likeness (QED) is 0.165. The molecule has 10 heteroatoms. The number of hydrogen-bond acceptors (Lipinski definition) is 3. The van der Waals surface area contributed by atoms with Crippen LogP contribution in [-0.2, 0) is 6.18 Å². The highest BCUT2D eigenvalue weighted by molar-refractivity contribution is 14.0. The Morgan fingerprint density at radius 2 is 1.84 bits per heavy atom. The van der Waals surface area contributed by atoms with Crippen molar-refractivity contribution in [3.63, 3.8) is 0 Å². The van der Waals surface area contributed by atoms with Crippen molar-refractivity contribution in [2.75, 3.05) is 19.6 Å². The molecule has 2 rings (SSSR count). The van der Waals surface area contributed by atoms with Crippen molar-refractivity contribution < 1.29 is 23.1 Å². The first-order valence-corrected chi connectivity index (χ1v) is 10.00. The van der Waals surface area contributed by atoms with E-state index in [1.54, 1.807) is 25.1 Å². The van der Waals surface area contributed by atoms with E-state index in [1.165, 1.54) is 18.2 Å². The number of carbonyl (C=O) groups excluding carboxylic acids is 1. The lowest BCUT2D eigenvalue weighted by molar-refractivity contribution is -0.137. The van der Waals surface area contributed by atoms with Gasteiger partial charge in [0.25, 0.3) is 5.91 Å². The van der Waals surface area contributed by atoms with Crippen molar-refractivity contribution in [2.24, 2.45) is 4.99 Å². The van der Waals surface area contributed by atoms with Crippen LogP contribution in [0.5, 0.6) is 5.75 Å². The average molecular weight is 564 g/mol. The third-order valence-electron chi connectivity index (χ3n) is 4.41. The molecular formula is C22H28F3IN4O2. The van der Waals surface area contributed by atoms with Gasteiger partial charge in [0.1, 0.15) is 5.75 Å². The minimum atomic E-state index is -4.39. The van der Waals surface area contributed by atoms with Crippen LogP contribution in [0.3, 0.4) is 0 Å². The Kier molecular flexibility index (Phi) is 11.3. The van der Waals surface area contributed by atoms with E-state index >= 15 is 0 Å². The van der Waals surface area contributed by atoms with Crippen LogP contribution in [0.15, 0.2) is 53.5 Å². The number of nitrogens with zero attached hydrogens (tertiary/aromatic N) is 1. The first kappa shape index (κ1) is 27.5. The molecule has 0 bridgehead atoms. The SMILES string of the molecule is CCNC(=NCCCNC(=O)c1cccc(O)c1)NC(C)c1cccc(C(F)(F)F)c1.I. The van der Waals surface area contributed by atoms with Crippen LogP contribution in [0.25, 0.3) is 0 Å². The number of alkyl halides is 3. The number of guanidine groups is 1. The van der Waals surface area contributed by atoms with Crippen molar-refractivity contribution >= 4 is 35.8 Å². The van der Waals surface area contributed by atoms with Gasteiger partial charge in [-0.1, -0.05) is 18.2 Å². The molecule has 1 amide bonds. The van der Waals surface area contributed by atoms with Crippen molar-refractivity contribution in [3.8, 4) is 5.75 Å². The fourth-order valence-corrected chi connectivity index (χ4v) is 2.81. The topological polar surface area (TPSA) is 85.8 Å². The highest BCUT2D eigenvalue weighted by Crippen LogP contribution is 2.30. The molecule has 0 aliphatic rings. The standard InChI is InChI=1S/C22H27F3N4O2.HI/c1-3-26-21(29-15(2)16-7-4-9-18(13-16)22(23,24)25)28-12-6-11-27-20(31)17-8-5-10-19(30)14-17;/h4-5,7-10,13-15,30H,3,6,11-12H2,1-2H3,(H,27,31)(H2,26,28,29);1H. The maximum Gasteiger partial charge on any atom is 0.416 e. The van der Waals surface area contributed by atoms with Crippen molar-refractivity contribution in [3.05, 3.63) is 65.2 Å². The zero-order valence-electron chi connectivity index (χ0n) is 17.9. The number of phenolic OH excluding ortho intramolecular Hbond substituents is 1. The Balaban J connectivity index is 0.00000512. The molecular weight excluding hydrogens is 536 g/mol. The summed E-state index contributed by atoms with van der Waals surface area (Å²) in [6.07, 6.45) is -3.82. The number of phenols is 1. The molecule has 0 radical (unpaired) electrons. The van der Waals surface area contributed by atoms with E-state index in [4.69, 9.17) is 0 Å². The molecule has 0 aliphatic heterocycles. The molecule has 4 N–H and O–H groups in total. The van der Waals surface area contributed by atoms with Gasteiger partial charge in [0.2, 0.25) is 0 Å². The van der Waals surface area contributed by atoms with E-state index < -0.39 is 11.7 Å². The second-order valence-corrected chi connectivity index (χ2v) is 6.91. The van der Waals surface area contributed by atoms with Crippen LogP contribution in [0.4, 0.5) is 13.2 Å². The van der Waals surface area contributed by atoms with E-state index in [9.17, 15) is 23.1 Å². The molecule has 0 aliphatic carbocycles. The predicted octanol–water partition coefficient (Wildman–Crippen LogP) is 4.47. The van der Waals surface area contributed by atoms with Gasteiger partial charge in [-0.25, -0.2) is 0 Å². The summed E-state index contributed by atoms with van der Waals surface area (Å²) in [5, 5.41) is 18.3. The minimum Gasteiger partial charge on any atom is -0.508 e. The summed E-state index contributed by atoms with van der Waals surface area (Å²) in [5.41, 5.74) is 0.176. The first-order valence-electron chi connectivity index (χ1n) is 10.00. The Labute approximate surface area is 202 Å². The minimum absolute atomic E-state index is 0. The average Bonchev–Trinajstić information content (AvgIpc) is 2.73. The number of benzene rings is 2. The van der Waals surface area contributed by atoms with E-state index in [0.717, 1.165) is 12.1 Å². The molecule has 6 nitrogen and oxygen atoms in total. The van der Waals surface area contributed by atoms with Crippen LogP contribution in [0, 0.1) is 0 Å². The van der Waals surface area contributed by atoms with Gasteiger partial charge in [0.15, 0.2) is 5.96 Å². The molecule has 1 unspecified atom stereocenters. The summed E-state index contributed by atoms with van der Waals surface area (Å²) >= 11 is 0. The normalized spacial score (nSPS) is 12.5. The lowest BCUT2D eigenvalue weighted by Crippen LogP contribution is -2.39. The number of hydrogen-bond donors (Lipinski definition) is 4. The van der Waals surface area contributed by atoms with Crippen LogP contribution in [-0.4, -0.2) is 36.6 Å². The number of rotatable bonds is 8. The molecule has 2 aromatic rings. The van der Waals surface area contributed by atoms with Gasteiger partial charge in [-0.15, -0.1) is 24.0 Å². The number of aromatic hydroxyl groups is 1. The van der Waals surface area contributed by atoms with E-state index in [1.807, 2.05) is 6.92 Å². The summed E-state index contributed by atoms with van der Waals surface area (Å²) in [5.74, 6) is 0.211. The molecule has 0 saturated heterocycles. The summed E-state index contributed by atoms with van der Waals surface area (Å²) in [4.78, 5) is 16.4. The Hall–Kier alpha value is -2.50. The van der Waals surface area contributed by atoms with Crippen LogP contribution < -0.4 is 16.0 Å².